The lowest BCUT2D eigenvalue weighted by Crippen LogP contribution is -2.36. The van der Waals surface area contributed by atoms with E-state index in [9.17, 15) is 26.4 Å². The van der Waals surface area contributed by atoms with Crippen LogP contribution in [0, 0.1) is 5.92 Å². The Bertz CT molecular complexity index is 539. The van der Waals surface area contributed by atoms with Crippen LogP contribution in [0.5, 0.6) is 0 Å². The van der Waals surface area contributed by atoms with Crippen LogP contribution < -0.4 is 4.72 Å². The van der Waals surface area contributed by atoms with Crippen molar-refractivity contribution in [2.75, 3.05) is 6.54 Å². The highest BCUT2D eigenvalue weighted by atomic mass is 32.2. The van der Waals surface area contributed by atoms with Crippen LogP contribution in [0.2, 0.25) is 0 Å². The number of aliphatic carboxylic acids is 1. The Labute approximate surface area is 117 Å². The molecule has 0 aliphatic rings. The number of carboxylic acids is 1. The maximum Gasteiger partial charge on any atom is 0.393 e. The highest BCUT2D eigenvalue weighted by molar-refractivity contribution is 7.91. The number of rotatable bonds is 7. The van der Waals surface area contributed by atoms with Gasteiger partial charge in [-0.05, 0) is 17.9 Å². The van der Waals surface area contributed by atoms with Gasteiger partial charge in [-0.1, -0.05) is 6.07 Å². The molecule has 0 saturated carbocycles. The minimum absolute atomic E-state index is 0.0864. The fraction of sp³-hybridized carbons (Fsp3) is 0.500. The maximum absolute atomic E-state index is 12.7. The molecule has 10 heteroatoms. The molecule has 0 saturated heterocycles. The van der Waals surface area contributed by atoms with Gasteiger partial charge in [0.05, 0.1) is 5.92 Å². The van der Waals surface area contributed by atoms with Crippen LogP contribution in [-0.2, 0) is 14.8 Å². The van der Waals surface area contributed by atoms with Gasteiger partial charge in [-0.25, -0.2) is 13.1 Å². The average molecular weight is 331 g/mol. The first-order valence-corrected chi connectivity index (χ1v) is 7.81. The summed E-state index contributed by atoms with van der Waals surface area (Å²) in [6, 6.07) is 2.73. The summed E-state index contributed by atoms with van der Waals surface area (Å²) in [6.45, 7) is -0.878. The summed E-state index contributed by atoms with van der Waals surface area (Å²) in [5.41, 5.74) is 0. The van der Waals surface area contributed by atoms with Gasteiger partial charge in [0.15, 0.2) is 0 Å². The van der Waals surface area contributed by atoms with Gasteiger partial charge in [0, 0.05) is 13.0 Å². The smallest absolute Gasteiger partial charge is 0.393 e. The first kappa shape index (κ1) is 16.9. The second-order valence-corrected chi connectivity index (χ2v) is 6.90. The lowest BCUT2D eigenvalue weighted by atomic mass is 10.0. The molecule has 0 aromatic carbocycles. The first-order valence-electron chi connectivity index (χ1n) is 5.44. The third kappa shape index (κ3) is 5.10. The fourth-order valence-corrected chi connectivity index (χ4v) is 3.50. The van der Waals surface area contributed by atoms with Gasteiger partial charge in [-0.15, -0.1) is 11.3 Å². The summed E-state index contributed by atoms with van der Waals surface area (Å²) in [4.78, 5) is 10.3. The molecule has 2 N–H and O–H groups in total. The van der Waals surface area contributed by atoms with Crippen LogP contribution in [0.3, 0.4) is 0 Å². The summed E-state index contributed by atoms with van der Waals surface area (Å²) in [7, 11) is -3.99. The minimum atomic E-state index is -4.66. The number of nitrogens with one attached hydrogen (secondary N) is 1. The van der Waals surface area contributed by atoms with Crippen molar-refractivity contribution in [2.45, 2.75) is 23.2 Å². The van der Waals surface area contributed by atoms with Crippen LogP contribution in [0.25, 0.3) is 0 Å². The standard InChI is InChI=1S/C10H12F3NO4S2/c11-10(12,13)7(3-4-8(15)16)6-14-20(17,18)9-2-1-5-19-9/h1-2,5,7,14H,3-4,6H2,(H,15,16). The number of hydrogen-bond acceptors (Lipinski definition) is 4. The molecule has 1 aromatic heterocycles. The summed E-state index contributed by atoms with van der Waals surface area (Å²) in [5, 5.41) is 9.89. The summed E-state index contributed by atoms with van der Waals surface area (Å²) in [6.07, 6.45) is -6.01. The number of alkyl halides is 3. The van der Waals surface area contributed by atoms with Crippen molar-refractivity contribution < 1.29 is 31.5 Å². The predicted molar refractivity (Wildman–Crippen MR) is 65.9 cm³/mol. The Kier molecular flexibility index (Phi) is 5.54. The molecule has 1 rings (SSSR count). The van der Waals surface area contributed by atoms with Crippen molar-refractivity contribution in [2.24, 2.45) is 5.92 Å². The summed E-state index contributed by atoms with van der Waals surface area (Å²) in [5.74, 6) is -3.39. The van der Waals surface area contributed by atoms with E-state index in [4.69, 9.17) is 5.11 Å². The highest BCUT2D eigenvalue weighted by Crippen LogP contribution is 2.29. The van der Waals surface area contributed by atoms with Gasteiger partial charge in [0.25, 0.3) is 0 Å². The van der Waals surface area contributed by atoms with Gasteiger partial charge in [0.1, 0.15) is 4.21 Å². The van der Waals surface area contributed by atoms with E-state index in [1.54, 1.807) is 0 Å². The Morgan fingerprint density at radius 3 is 2.55 bits per heavy atom. The molecule has 1 unspecified atom stereocenters. The number of carboxylic acid groups (broad SMARTS) is 1. The zero-order chi connectivity index (χ0) is 15.4. The van der Waals surface area contributed by atoms with Gasteiger partial charge in [-0.2, -0.15) is 13.2 Å². The van der Waals surface area contributed by atoms with Crippen molar-refractivity contribution in [1.82, 2.24) is 4.72 Å². The SMILES string of the molecule is O=C(O)CCC(CNS(=O)(=O)c1cccs1)C(F)(F)F. The lowest BCUT2D eigenvalue weighted by Gasteiger charge is -2.19. The molecule has 0 aliphatic carbocycles. The number of sulfonamides is 1. The molecule has 0 amide bonds. The van der Waals surface area contributed by atoms with Crippen molar-refractivity contribution in [1.29, 1.82) is 0 Å². The molecule has 1 heterocycles. The van der Waals surface area contributed by atoms with E-state index >= 15 is 0 Å². The van der Waals surface area contributed by atoms with Crippen molar-refractivity contribution in [3.8, 4) is 0 Å². The maximum atomic E-state index is 12.7. The Morgan fingerprint density at radius 2 is 2.10 bits per heavy atom. The minimum Gasteiger partial charge on any atom is -0.481 e. The zero-order valence-electron chi connectivity index (χ0n) is 10.1. The molecule has 1 aromatic rings. The molecule has 0 aliphatic heterocycles. The van der Waals surface area contributed by atoms with E-state index in [1.807, 2.05) is 4.72 Å². The normalized spacial score (nSPS) is 14.2. The van der Waals surface area contributed by atoms with E-state index in [-0.39, 0.29) is 4.21 Å². The monoisotopic (exact) mass is 331 g/mol. The Hall–Kier alpha value is -1.13. The van der Waals surface area contributed by atoms with E-state index < -0.39 is 47.5 Å². The number of halogens is 3. The Morgan fingerprint density at radius 1 is 1.45 bits per heavy atom. The fourth-order valence-electron chi connectivity index (χ4n) is 1.38. The number of thiophene rings is 1. The second kappa shape index (κ2) is 6.55. The molecule has 114 valence electrons. The molecule has 0 spiro atoms. The van der Waals surface area contributed by atoms with E-state index in [2.05, 4.69) is 0 Å². The second-order valence-electron chi connectivity index (χ2n) is 3.95. The number of hydrogen-bond donors (Lipinski definition) is 2. The Balaban J connectivity index is 2.69. The topological polar surface area (TPSA) is 83.5 Å². The molecule has 0 fully saturated rings. The quantitative estimate of drug-likeness (QED) is 0.801. The molecule has 0 bridgehead atoms. The van der Waals surface area contributed by atoms with Crippen molar-refractivity contribution in [3.63, 3.8) is 0 Å². The molecule has 1 atom stereocenters. The van der Waals surface area contributed by atoms with Crippen LogP contribution in [0.1, 0.15) is 12.8 Å². The van der Waals surface area contributed by atoms with Crippen LogP contribution in [0.4, 0.5) is 13.2 Å². The zero-order valence-corrected chi connectivity index (χ0v) is 11.7. The van der Waals surface area contributed by atoms with Crippen LogP contribution >= 0.6 is 11.3 Å². The van der Waals surface area contributed by atoms with Gasteiger partial charge < -0.3 is 5.11 Å². The van der Waals surface area contributed by atoms with E-state index in [0.717, 1.165) is 11.3 Å². The third-order valence-electron chi connectivity index (χ3n) is 2.45. The predicted octanol–water partition coefficient (Wildman–Crippen LogP) is 2.07. The molecular weight excluding hydrogens is 319 g/mol. The summed E-state index contributed by atoms with van der Waals surface area (Å²) < 4.78 is 63.1. The van der Waals surface area contributed by atoms with Gasteiger partial charge >= 0.3 is 12.1 Å². The third-order valence-corrected chi connectivity index (χ3v) is 5.27. The molecular formula is C10H12F3NO4S2. The molecule has 5 nitrogen and oxygen atoms in total. The van der Waals surface area contributed by atoms with Gasteiger partial charge in [-0.3, -0.25) is 4.79 Å². The van der Waals surface area contributed by atoms with E-state index in [0.29, 0.717) is 0 Å². The molecule has 0 radical (unpaired) electrons. The van der Waals surface area contributed by atoms with Crippen molar-refractivity contribution >= 4 is 27.3 Å². The lowest BCUT2D eigenvalue weighted by molar-refractivity contribution is -0.175. The number of carbonyl (C=O) groups is 1. The molecule has 20 heavy (non-hydrogen) atoms. The largest absolute Gasteiger partial charge is 0.481 e. The van der Waals surface area contributed by atoms with Crippen LogP contribution in [0.15, 0.2) is 21.7 Å². The van der Waals surface area contributed by atoms with Crippen LogP contribution in [-0.4, -0.2) is 32.2 Å². The van der Waals surface area contributed by atoms with Gasteiger partial charge in [0.2, 0.25) is 10.0 Å². The average Bonchev–Trinajstić information content (AvgIpc) is 2.80. The van der Waals surface area contributed by atoms with Crippen molar-refractivity contribution in [3.05, 3.63) is 17.5 Å². The first-order chi connectivity index (χ1) is 9.13. The summed E-state index contributed by atoms with van der Waals surface area (Å²) >= 11 is 0.881. The highest BCUT2D eigenvalue weighted by Gasteiger charge is 2.40. The van der Waals surface area contributed by atoms with E-state index in [1.165, 1.54) is 17.5 Å².